The molecule has 2 heterocycles. The summed E-state index contributed by atoms with van der Waals surface area (Å²) in [5, 5.41) is 10.6. The van der Waals surface area contributed by atoms with E-state index in [0.717, 1.165) is 5.56 Å². The molecule has 3 rings (SSSR count). The van der Waals surface area contributed by atoms with Crippen LogP contribution in [0, 0.1) is 0 Å². The summed E-state index contributed by atoms with van der Waals surface area (Å²) < 4.78 is 21.3. The predicted molar refractivity (Wildman–Crippen MR) is 101 cm³/mol. The number of esters is 1. The molecule has 0 saturated carbocycles. The average Bonchev–Trinajstić information content (AvgIpc) is 3.14. The molecule has 1 aromatic heterocycles. The molecule has 0 atom stereocenters. The molecule has 0 spiro atoms. The number of ether oxygens (including phenoxy) is 4. The first kappa shape index (κ1) is 19.8. The average molecular weight is 389 g/mol. The van der Waals surface area contributed by atoms with E-state index in [1.54, 1.807) is 14.0 Å². The molecule has 1 aliphatic heterocycles. The van der Waals surface area contributed by atoms with Gasteiger partial charge in [-0.05, 0) is 6.92 Å². The van der Waals surface area contributed by atoms with Crippen molar-refractivity contribution in [2.75, 3.05) is 33.5 Å². The number of H-pyrrole nitrogens is 1. The normalized spacial score (nSPS) is 12.4. The van der Waals surface area contributed by atoms with Crippen molar-refractivity contribution in [1.29, 1.82) is 0 Å². The number of hydrogen-bond acceptors (Lipinski definition) is 7. The molecule has 1 aromatic carbocycles. The van der Waals surface area contributed by atoms with Crippen molar-refractivity contribution in [3.63, 3.8) is 0 Å². The van der Waals surface area contributed by atoms with Crippen molar-refractivity contribution < 1.29 is 28.8 Å². The lowest BCUT2D eigenvalue weighted by atomic mass is 9.99. The molecule has 28 heavy (non-hydrogen) atoms. The number of aromatic hydroxyl groups is 1. The van der Waals surface area contributed by atoms with Crippen LogP contribution in [-0.4, -0.2) is 49.6 Å². The maximum atomic E-state index is 12.3. The highest BCUT2D eigenvalue weighted by Gasteiger charge is 2.26. The number of phenols is 1. The van der Waals surface area contributed by atoms with Crippen LogP contribution in [0.1, 0.15) is 29.3 Å². The van der Waals surface area contributed by atoms with Gasteiger partial charge in [-0.3, -0.25) is 4.79 Å². The second-order valence-corrected chi connectivity index (χ2v) is 6.21. The van der Waals surface area contributed by atoms with E-state index in [1.165, 1.54) is 18.3 Å². The first-order valence-electron chi connectivity index (χ1n) is 9.10. The molecule has 0 aliphatic carbocycles. The van der Waals surface area contributed by atoms with Gasteiger partial charge < -0.3 is 29.0 Å². The number of phenolic OH excluding ortho intramolecular Hbond substituents is 1. The molecule has 8 nitrogen and oxygen atoms in total. The summed E-state index contributed by atoms with van der Waals surface area (Å²) >= 11 is 0. The van der Waals surface area contributed by atoms with Crippen LogP contribution in [0.4, 0.5) is 0 Å². The van der Waals surface area contributed by atoms with E-state index < -0.39 is 11.4 Å². The Kier molecular flexibility index (Phi) is 6.20. The lowest BCUT2D eigenvalue weighted by Crippen LogP contribution is -2.17. The number of aromatic nitrogens is 1. The van der Waals surface area contributed by atoms with E-state index in [4.69, 9.17) is 18.9 Å². The lowest BCUT2D eigenvalue weighted by molar-refractivity contribution is 0.0524. The molecule has 150 valence electrons. The number of pyridine rings is 1. The summed E-state index contributed by atoms with van der Waals surface area (Å²) in [7, 11) is 1.62. The fourth-order valence-corrected chi connectivity index (χ4v) is 3.11. The molecule has 2 N–H and O–H groups in total. The first-order chi connectivity index (χ1) is 13.6. The molecular formula is C20H23NO7. The van der Waals surface area contributed by atoms with Crippen LogP contribution in [0.2, 0.25) is 0 Å². The van der Waals surface area contributed by atoms with Crippen molar-refractivity contribution in [1.82, 2.24) is 4.98 Å². The zero-order chi connectivity index (χ0) is 20.1. The monoisotopic (exact) mass is 389 g/mol. The van der Waals surface area contributed by atoms with Gasteiger partial charge in [0.15, 0.2) is 16.9 Å². The Balaban J connectivity index is 1.95. The second kappa shape index (κ2) is 8.79. The molecule has 2 aromatic rings. The quantitative estimate of drug-likeness (QED) is 0.527. The molecule has 0 amide bonds. The van der Waals surface area contributed by atoms with Crippen LogP contribution in [0.3, 0.4) is 0 Å². The van der Waals surface area contributed by atoms with E-state index in [1.807, 2.05) is 0 Å². The standard InChI is InChI=1S/C20H23NO7/c1-3-26-20(24)13-11-21-14(9-15(13)22)18-12-5-8-28-19(12)17(10-16(18)23)27-7-4-6-25-2/h9-11,23H,3-8H2,1-2H3,(H,21,22). The third-order valence-electron chi connectivity index (χ3n) is 4.35. The maximum Gasteiger partial charge on any atom is 0.343 e. The predicted octanol–water partition coefficient (Wildman–Crippen LogP) is 2.27. The smallest absolute Gasteiger partial charge is 0.343 e. The van der Waals surface area contributed by atoms with E-state index in [9.17, 15) is 14.7 Å². The van der Waals surface area contributed by atoms with Gasteiger partial charge in [-0.15, -0.1) is 0 Å². The highest BCUT2D eigenvalue weighted by atomic mass is 16.5. The zero-order valence-electron chi connectivity index (χ0n) is 15.9. The molecular weight excluding hydrogens is 366 g/mol. The van der Waals surface area contributed by atoms with Crippen molar-refractivity contribution in [2.24, 2.45) is 0 Å². The van der Waals surface area contributed by atoms with Crippen molar-refractivity contribution in [2.45, 2.75) is 19.8 Å². The van der Waals surface area contributed by atoms with Crippen LogP contribution < -0.4 is 14.9 Å². The van der Waals surface area contributed by atoms with Gasteiger partial charge in [-0.25, -0.2) is 4.79 Å². The molecule has 0 radical (unpaired) electrons. The van der Waals surface area contributed by atoms with Gasteiger partial charge >= 0.3 is 5.97 Å². The third kappa shape index (κ3) is 3.96. The Hall–Kier alpha value is -3.00. The number of rotatable bonds is 8. The number of carbonyl (C=O) groups excluding carboxylic acids is 1. The van der Waals surface area contributed by atoms with Gasteiger partial charge in [-0.1, -0.05) is 0 Å². The topological polar surface area (TPSA) is 107 Å². The highest BCUT2D eigenvalue weighted by molar-refractivity contribution is 5.89. The molecule has 1 aliphatic rings. The SMILES string of the molecule is CCOC(=O)c1c[nH]c(-c2c(O)cc(OCCCOC)c3c2CCO3)cc1=O. The number of benzene rings is 1. The van der Waals surface area contributed by atoms with Crippen LogP contribution in [0.15, 0.2) is 23.1 Å². The Morgan fingerprint density at radius 1 is 1.32 bits per heavy atom. The van der Waals surface area contributed by atoms with Crippen LogP contribution in [-0.2, 0) is 15.9 Å². The number of hydrogen-bond donors (Lipinski definition) is 2. The van der Waals surface area contributed by atoms with Crippen LogP contribution in [0.5, 0.6) is 17.2 Å². The Morgan fingerprint density at radius 2 is 2.14 bits per heavy atom. The number of nitrogens with one attached hydrogen (secondary N) is 1. The van der Waals surface area contributed by atoms with Gasteiger partial charge in [0.25, 0.3) is 0 Å². The van der Waals surface area contributed by atoms with Gasteiger partial charge in [0, 0.05) is 56.0 Å². The fraction of sp³-hybridized carbons (Fsp3) is 0.400. The summed E-state index contributed by atoms with van der Waals surface area (Å²) in [4.78, 5) is 27.1. The number of fused-ring (bicyclic) bond motifs is 1. The number of methoxy groups -OCH3 is 1. The Labute approximate surface area is 162 Å². The highest BCUT2D eigenvalue weighted by Crippen LogP contribution is 2.46. The molecule has 0 bridgehead atoms. The van der Waals surface area contributed by atoms with Gasteiger partial charge in [0.05, 0.1) is 25.5 Å². The summed E-state index contributed by atoms with van der Waals surface area (Å²) in [5.41, 5.74) is 1.03. The Bertz CT molecular complexity index is 920. The fourth-order valence-electron chi connectivity index (χ4n) is 3.11. The van der Waals surface area contributed by atoms with Gasteiger partial charge in [0.2, 0.25) is 0 Å². The van der Waals surface area contributed by atoms with E-state index in [-0.39, 0.29) is 17.9 Å². The summed E-state index contributed by atoms with van der Waals surface area (Å²) in [6.45, 7) is 3.29. The van der Waals surface area contributed by atoms with Crippen LogP contribution in [0.25, 0.3) is 11.3 Å². The molecule has 8 heteroatoms. The second-order valence-electron chi connectivity index (χ2n) is 6.21. The van der Waals surface area contributed by atoms with E-state index >= 15 is 0 Å². The van der Waals surface area contributed by atoms with E-state index in [2.05, 4.69) is 4.98 Å². The summed E-state index contributed by atoms with van der Waals surface area (Å²) in [5.74, 6) is 0.286. The number of aromatic amines is 1. The van der Waals surface area contributed by atoms with Crippen LogP contribution >= 0.6 is 0 Å². The van der Waals surface area contributed by atoms with Crippen molar-refractivity contribution in [3.05, 3.63) is 39.7 Å². The minimum absolute atomic E-state index is 0.0365. The Morgan fingerprint density at radius 3 is 2.86 bits per heavy atom. The summed E-state index contributed by atoms with van der Waals surface area (Å²) in [6, 6.07) is 2.75. The minimum Gasteiger partial charge on any atom is -0.507 e. The zero-order valence-corrected chi connectivity index (χ0v) is 15.9. The third-order valence-corrected chi connectivity index (χ3v) is 4.35. The molecule has 0 saturated heterocycles. The largest absolute Gasteiger partial charge is 0.507 e. The van der Waals surface area contributed by atoms with Gasteiger partial charge in [-0.2, -0.15) is 0 Å². The maximum absolute atomic E-state index is 12.3. The van der Waals surface area contributed by atoms with Gasteiger partial charge in [0.1, 0.15) is 11.3 Å². The first-order valence-corrected chi connectivity index (χ1v) is 9.10. The lowest BCUT2D eigenvalue weighted by Gasteiger charge is -2.15. The molecule has 0 fully saturated rings. The van der Waals surface area contributed by atoms with Crippen molar-refractivity contribution >= 4 is 5.97 Å². The minimum atomic E-state index is -0.687. The summed E-state index contributed by atoms with van der Waals surface area (Å²) in [6.07, 6.45) is 2.57. The van der Waals surface area contributed by atoms with Crippen molar-refractivity contribution in [3.8, 4) is 28.5 Å². The number of carbonyl (C=O) groups is 1. The van der Waals surface area contributed by atoms with E-state index in [0.29, 0.717) is 55.4 Å². The molecule has 0 unspecified atom stereocenters.